The number of hydrogen-bond acceptors (Lipinski definition) is 6. The van der Waals surface area contributed by atoms with Crippen LogP contribution in [0.4, 0.5) is 26.3 Å². The van der Waals surface area contributed by atoms with Crippen molar-refractivity contribution >= 4 is 11.5 Å². The largest absolute Gasteiger partial charge is 0.503 e. The quantitative estimate of drug-likeness (QED) is 0.292. The summed E-state index contributed by atoms with van der Waals surface area (Å²) in [5, 5.41) is 0. The van der Waals surface area contributed by atoms with Gasteiger partial charge in [0, 0.05) is 6.07 Å². The van der Waals surface area contributed by atoms with Crippen LogP contribution >= 0.6 is 0 Å². The minimum Gasteiger partial charge on any atom is -0.503 e. The minimum atomic E-state index is -5.21. The van der Waals surface area contributed by atoms with Gasteiger partial charge in [-0.3, -0.25) is 0 Å². The third kappa shape index (κ3) is 5.61. The molecule has 0 saturated heterocycles. The number of alkyl halides is 6. The molecule has 0 aliphatic rings. The van der Waals surface area contributed by atoms with Crippen LogP contribution in [-0.4, -0.2) is 30.2 Å². The van der Waals surface area contributed by atoms with E-state index >= 15 is 0 Å². The highest BCUT2D eigenvalue weighted by atomic mass is 19.4. The average molecular weight is 436 g/mol. The molecule has 0 unspecified atom stereocenters. The smallest absolute Gasteiger partial charge is 0.451 e. The predicted molar refractivity (Wildman–Crippen MR) is 89.8 cm³/mol. The van der Waals surface area contributed by atoms with E-state index in [0.29, 0.717) is 0 Å². The van der Waals surface area contributed by atoms with Crippen molar-refractivity contribution in [1.29, 1.82) is 0 Å². The maximum atomic E-state index is 12.9. The highest BCUT2D eigenvalue weighted by Gasteiger charge is 2.40. The molecule has 0 amide bonds. The Hall–Kier alpha value is -3.31. The second-order valence-corrected chi connectivity index (χ2v) is 5.62. The summed E-state index contributed by atoms with van der Waals surface area (Å²) in [4.78, 5) is 17.5. The van der Waals surface area contributed by atoms with E-state index < -0.39 is 42.3 Å². The highest BCUT2D eigenvalue weighted by molar-refractivity contribution is 6.16. The van der Waals surface area contributed by atoms with E-state index in [-0.39, 0.29) is 22.8 Å². The number of hydrogen-bond donors (Lipinski definition) is 0. The van der Waals surface area contributed by atoms with Gasteiger partial charge >= 0.3 is 18.3 Å². The van der Waals surface area contributed by atoms with Gasteiger partial charge < -0.3 is 14.2 Å². The van der Waals surface area contributed by atoms with Gasteiger partial charge in [0.25, 0.3) is 0 Å². The molecule has 0 fully saturated rings. The molecule has 0 saturated carbocycles. The lowest BCUT2D eigenvalue weighted by Crippen LogP contribution is -2.18. The van der Waals surface area contributed by atoms with Crippen LogP contribution in [0.25, 0.3) is 5.57 Å². The lowest BCUT2D eigenvalue weighted by atomic mass is 10.0. The first-order valence-corrected chi connectivity index (χ1v) is 8.03. The molecular weight excluding hydrogens is 422 g/mol. The Bertz CT molecular complexity index is 909. The Morgan fingerprint density at radius 3 is 2.27 bits per heavy atom. The molecule has 12 heteroatoms. The number of rotatable bonds is 6. The van der Waals surface area contributed by atoms with E-state index in [1.165, 1.54) is 25.3 Å². The summed E-state index contributed by atoms with van der Waals surface area (Å²) in [5.41, 5.74) is -1.34. The fourth-order valence-electron chi connectivity index (χ4n) is 2.28. The summed E-state index contributed by atoms with van der Waals surface area (Å²) in [6.45, 7) is -0.500. The van der Waals surface area contributed by atoms with Crippen molar-refractivity contribution in [2.24, 2.45) is 0 Å². The van der Waals surface area contributed by atoms with Crippen LogP contribution in [0.15, 0.2) is 36.6 Å². The topological polar surface area (TPSA) is 70.5 Å². The Kier molecular flexibility index (Phi) is 6.90. The maximum absolute atomic E-state index is 12.9. The van der Waals surface area contributed by atoms with Crippen molar-refractivity contribution in [2.45, 2.75) is 19.0 Å². The van der Waals surface area contributed by atoms with E-state index in [2.05, 4.69) is 14.7 Å². The van der Waals surface area contributed by atoms with Crippen LogP contribution in [0.3, 0.4) is 0 Å². The predicted octanol–water partition coefficient (Wildman–Crippen LogP) is 4.25. The molecule has 0 radical (unpaired) electrons. The molecule has 0 aliphatic carbocycles. The fourth-order valence-corrected chi connectivity index (χ4v) is 2.28. The molecule has 0 atom stereocenters. The number of aromatic nitrogens is 2. The molecule has 0 aliphatic heterocycles. The molecule has 2 rings (SSSR count). The molecule has 0 N–H and O–H groups in total. The summed E-state index contributed by atoms with van der Waals surface area (Å²) in [6, 6.07) is 6.27. The lowest BCUT2D eigenvalue weighted by molar-refractivity contribution is -0.153. The summed E-state index contributed by atoms with van der Waals surface area (Å²) < 4.78 is 91.8. The number of methoxy groups -OCH3 is 2. The number of benzene rings is 1. The second kappa shape index (κ2) is 9.01. The van der Waals surface area contributed by atoms with E-state index in [0.717, 1.165) is 13.4 Å². The van der Waals surface area contributed by atoms with Crippen molar-refractivity contribution in [3.05, 3.63) is 59.2 Å². The molecule has 1 heterocycles. The Labute approximate surface area is 166 Å². The van der Waals surface area contributed by atoms with Crippen molar-refractivity contribution < 1.29 is 45.3 Å². The van der Waals surface area contributed by atoms with Gasteiger partial charge in [0.05, 0.1) is 20.5 Å². The van der Waals surface area contributed by atoms with E-state index in [9.17, 15) is 31.1 Å². The first-order valence-electron chi connectivity index (χ1n) is 8.03. The highest BCUT2D eigenvalue weighted by Crippen LogP contribution is 2.34. The van der Waals surface area contributed by atoms with Gasteiger partial charge in [-0.1, -0.05) is 24.3 Å². The van der Waals surface area contributed by atoms with Crippen molar-refractivity contribution in [2.75, 3.05) is 14.2 Å². The summed E-state index contributed by atoms with van der Waals surface area (Å²) in [6.07, 6.45) is -9.27. The summed E-state index contributed by atoms with van der Waals surface area (Å²) in [5.74, 6) is -3.70. The van der Waals surface area contributed by atoms with E-state index in [4.69, 9.17) is 9.47 Å². The van der Waals surface area contributed by atoms with Crippen LogP contribution in [0, 0.1) is 0 Å². The zero-order valence-electron chi connectivity index (χ0n) is 15.5. The molecule has 30 heavy (non-hydrogen) atoms. The zero-order valence-corrected chi connectivity index (χ0v) is 15.5. The number of halogens is 6. The summed E-state index contributed by atoms with van der Waals surface area (Å²) in [7, 11) is 2.41. The molecule has 6 nitrogen and oxygen atoms in total. The van der Waals surface area contributed by atoms with Crippen LogP contribution in [-0.2, 0) is 33.2 Å². The molecule has 1 aromatic carbocycles. The van der Waals surface area contributed by atoms with Gasteiger partial charge in [-0.05, 0) is 11.1 Å². The van der Waals surface area contributed by atoms with Crippen molar-refractivity contribution in [1.82, 2.24) is 9.97 Å². The normalized spacial score (nSPS) is 12.5. The standard InChI is InChI=1S/C18H14F6N2O4/c1-28-9-12(15(27)29-2)11-6-4-3-5-10(11)8-30-14-7-13(17(19,20)21)25-16(26-14)18(22,23)24/h3-7,9H,8H2,1-2H3. The number of carbonyl (C=O) groups is 1. The maximum Gasteiger partial charge on any atom is 0.451 e. The SMILES string of the molecule is COC=C(C(=O)OC)c1ccccc1COc1cc(C(F)(F)F)nc(C(F)(F)F)n1. The van der Waals surface area contributed by atoms with Crippen LogP contribution in [0.5, 0.6) is 5.88 Å². The van der Waals surface area contributed by atoms with Crippen LogP contribution in [0.1, 0.15) is 22.6 Å². The van der Waals surface area contributed by atoms with Crippen LogP contribution < -0.4 is 4.74 Å². The fraction of sp³-hybridized carbons (Fsp3) is 0.278. The average Bonchev–Trinajstić information content (AvgIpc) is 2.68. The molecule has 0 bridgehead atoms. The Balaban J connectivity index is 2.41. The first-order chi connectivity index (χ1) is 14.0. The van der Waals surface area contributed by atoms with Crippen molar-refractivity contribution in [3.63, 3.8) is 0 Å². The first kappa shape index (κ1) is 23.0. The monoisotopic (exact) mass is 436 g/mol. The van der Waals surface area contributed by atoms with Gasteiger partial charge in [-0.15, -0.1) is 0 Å². The second-order valence-electron chi connectivity index (χ2n) is 5.62. The molecular formula is C18H14F6N2O4. The molecule has 162 valence electrons. The Morgan fingerprint density at radius 1 is 1.03 bits per heavy atom. The van der Waals surface area contributed by atoms with Gasteiger partial charge in [0.2, 0.25) is 11.7 Å². The zero-order chi connectivity index (χ0) is 22.5. The third-order valence-corrected chi connectivity index (χ3v) is 3.57. The van der Waals surface area contributed by atoms with Gasteiger partial charge in [-0.2, -0.15) is 31.3 Å². The van der Waals surface area contributed by atoms with E-state index in [1.807, 2.05) is 0 Å². The van der Waals surface area contributed by atoms with Crippen molar-refractivity contribution in [3.8, 4) is 5.88 Å². The van der Waals surface area contributed by atoms with Gasteiger partial charge in [-0.25, -0.2) is 9.78 Å². The third-order valence-electron chi connectivity index (χ3n) is 3.57. The van der Waals surface area contributed by atoms with Crippen LogP contribution in [0.2, 0.25) is 0 Å². The minimum absolute atomic E-state index is 0.0335. The lowest BCUT2D eigenvalue weighted by Gasteiger charge is -2.14. The molecule has 0 spiro atoms. The molecule has 2 aromatic rings. The number of ether oxygens (including phenoxy) is 3. The Morgan fingerprint density at radius 2 is 1.70 bits per heavy atom. The van der Waals surface area contributed by atoms with Gasteiger partial charge in [0.15, 0.2) is 5.69 Å². The van der Waals surface area contributed by atoms with E-state index in [1.54, 1.807) is 6.07 Å². The molecule has 1 aromatic heterocycles. The van der Waals surface area contributed by atoms with Gasteiger partial charge in [0.1, 0.15) is 12.2 Å². The number of carbonyl (C=O) groups excluding carboxylic acids is 1. The number of esters is 1. The summed E-state index contributed by atoms with van der Waals surface area (Å²) >= 11 is 0. The number of nitrogens with zero attached hydrogens (tertiary/aromatic N) is 2.